The number of hydrogen-bond acceptors (Lipinski definition) is 4. The number of nitrogens with zero attached hydrogens (tertiary/aromatic N) is 1. The third kappa shape index (κ3) is 6.61. The van der Waals surface area contributed by atoms with Crippen LogP contribution in [0.5, 0.6) is 0 Å². The van der Waals surface area contributed by atoms with Crippen LogP contribution in [-0.4, -0.2) is 57.4 Å². The van der Waals surface area contributed by atoms with Crippen LogP contribution in [0.15, 0.2) is 0 Å². The zero-order valence-corrected chi connectivity index (χ0v) is 11.4. The quantitative estimate of drug-likeness (QED) is 0.643. The van der Waals surface area contributed by atoms with Crippen molar-refractivity contribution in [2.75, 3.05) is 40.5 Å². The smallest absolute Gasteiger partial charge is 0.223 e. The van der Waals surface area contributed by atoms with E-state index in [0.29, 0.717) is 32.7 Å². The Bertz CT molecular complexity index is 212. The van der Waals surface area contributed by atoms with Crippen molar-refractivity contribution in [3.8, 4) is 0 Å². The Balaban J connectivity index is 4.38. The monoisotopic (exact) mass is 246 g/mol. The molecule has 0 rings (SSSR count). The summed E-state index contributed by atoms with van der Waals surface area (Å²) in [7, 11) is 3.27. The predicted molar refractivity (Wildman–Crippen MR) is 67.8 cm³/mol. The van der Waals surface area contributed by atoms with Gasteiger partial charge in [0.05, 0.1) is 19.3 Å². The van der Waals surface area contributed by atoms with E-state index in [2.05, 4.69) is 0 Å². The van der Waals surface area contributed by atoms with Crippen LogP contribution in [0.4, 0.5) is 0 Å². The average molecular weight is 246 g/mol. The number of carbonyl (C=O) groups is 1. The molecule has 17 heavy (non-hydrogen) atoms. The van der Waals surface area contributed by atoms with E-state index in [0.717, 1.165) is 0 Å². The van der Waals surface area contributed by atoms with Crippen LogP contribution in [0.1, 0.15) is 20.3 Å². The molecule has 0 aromatic heterocycles. The Morgan fingerprint density at radius 2 is 1.94 bits per heavy atom. The van der Waals surface area contributed by atoms with E-state index in [1.165, 1.54) is 0 Å². The molecule has 102 valence electrons. The van der Waals surface area contributed by atoms with Crippen LogP contribution in [0, 0.1) is 5.92 Å². The molecule has 2 atom stereocenters. The number of rotatable bonds is 9. The van der Waals surface area contributed by atoms with Gasteiger partial charge in [0.1, 0.15) is 0 Å². The minimum Gasteiger partial charge on any atom is -0.383 e. The minimum atomic E-state index is 0.0626. The zero-order chi connectivity index (χ0) is 13.3. The highest BCUT2D eigenvalue weighted by Crippen LogP contribution is 2.08. The molecule has 0 bridgehead atoms. The zero-order valence-electron chi connectivity index (χ0n) is 11.4. The van der Waals surface area contributed by atoms with Crippen LogP contribution >= 0.6 is 0 Å². The summed E-state index contributed by atoms with van der Waals surface area (Å²) >= 11 is 0. The van der Waals surface area contributed by atoms with E-state index in [4.69, 9.17) is 15.2 Å². The fourth-order valence-corrected chi connectivity index (χ4v) is 1.61. The van der Waals surface area contributed by atoms with E-state index >= 15 is 0 Å². The molecule has 0 aliphatic rings. The Hall–Kier alpha value is -0.650. The van der Waals surface area contributed by atoms with Crippen molar-refractivity contribution in [1.82, 2.24) is 4.90 Å². The molecule has 0 radical (unpaired) electrons. The Morgan fingerprint density at radius 3 is 2.41 bits per heavy atom. The molecule has 5 nitrogen and oxygen atoms in total. The van der Waals surface area contributed by atoms with E-state index in [9.17, 15) is 4.79 Å². The largest absolute Gasteiger partial charge is 0.383 e. The highest BCUT2D eigenvalue weighted by molar-refractivity contribution is 5.76. The van der Waals surface area contributed by atoms with Gasteiger partial charge in [-0.15, -0.1) is 0 Å². The third-order valence-electron chi connectivity index (χ3n) is 2.72. The van der Waals surface area contributed by atoms with Crippen LogP contribution < -0.4 is 5.73 Å². The summed E-state index contributed by atoms with van der Waals surface area (Å²) in [4.78, 5) is 13.9. The van der Waals surface area contributed by atoms with Gasteiger partial charge in [-0.25, -0.2) is 0 Å². The van der Waals surface area contributed by atoms with E-state index in [1.54, 1.807) is 19.1 Å². The van der Waals surface area contributed by atoms with Crippen LogP contribution in [0.2, 0.25) is 0 Å². The minimum absolute atomic E-state index is 0.0626. The maximum Gasteiger partial charge on any atom is 0.223 e. The Kier molecular flexibility index (Phi) is 9.03. The summed E-state index contributed by atoms with van der Waals surface area (Å²) in [6, 6.07) is 0.0626. The van der Waals surface area contributed by atoms with Gasteiger partial charge in [0.2, 0.25) is 5.91 Å². The second-order valence-corrected chi connectivity index (χ2v) is 4.43. The van der Waals surface area contributed by atoms with E-state index in [1.807, 2.05) is 13.8 Å². The van der Waals surface area contributed by atoms with Crippen LogP contribution in [0.25, 0.3) is 0 Å². The lowest BCUT2D eigenvalue weighted by atomic mass is 10.1. The summed E-state index contributed by atoms with van der Waals surface area (Å²) in [5, 5.41) is 0. The molecule has 0 aromatic carbocycles. The molecule has 2 unspecified atom stereocenters. The number of ether oxygens (including phenoxy) is 2. The van der Waals surface area contributed by atoms with Crippen molar-refractivity contribution in [2.45, 2.75) is 26.3 Å². The maximum absolute atomic E-state index is 12.1. The first-order valence-electron chi connectivity index (χ1n) is 6.04. The molecule has 0 aliphatic carbocycles. The summed E-state index contributed by atoms with van der Waals surface area (Å²) in [5.41, 5.74) is 5.54. The van der Waals surface area contributed by atoms with E-state index in [-0.39, 0.29) is 17.9 Å². The number of nitrogens with two attached hydrogens (primary N) is 1. The third-order valence-corrected chi connectivity index (χ3v) is 2.72. The molecular weight excluding hydrogens is 220 g/mol. The molecule has 0 saturated carbocycles. The molecule has 0 fully saturated rings. The average Bonchev–Trinajstić information content (AvgIpc) is 2.29. The van der Waals surface area contributed by atoms with Crippen LogP contribution in [0.3, 0.4) is 0 Å². The number of hydrogen-bond donors (Lipinski definition) is 1. The fourth-order valence-electron chi connectivity index (χ4n) is 1.61. The highest BCUT2D eigenvalue weighted by Gasteiger charge is 2.21. The lowest BCUT2D eigenvalue weighted by Gasteiger charge is -2.29. The molecule has 2 N–H and O–H groups in total. The second-order valence-electron chi connectivity index (χ2n) is 4.43. The first-order valence-corrected chi connectivity index (χ1v) is 6.04. The fraction of sp³-hybridized carbons (Fsp3) is 0.917. The predicted octanol–water partition coefficient (Wildman–Crippen LogP) is 0.481. The van der Waals surface area contributed by atoms with Crippen molar-refractivity contribution in [3.05, 3.63) is 0 Å². The topological polar surface area (TPSA) is 64.8 Å². The lowest BCUT2D eigenvalue weighted by molar-refractivity contribution is -0.135. The van der Waals surface area contributed by atoms with Gasteiger partial charge in [0.15, 0.2) is 0 Å². The molecule has 0 spiro atoms. The Morgan fingerprint density at radius 1 is 1.29 bits per heavy atom. The molecule has 0 saturated heterocycles. The van der Waals surface area contributed by atoms with Crippen molar-refractivity contribution < 1.29 is 14.3 Å². The van der Waals surface area contributed by atoms with E-state index < -0.39 is 0 Å². The molecule has 0 aromatic rings. The number of methoxy groups -OCH3 is 2. The maximum atomic E-state index is 12.1. The SMILES string of the molecule is COCCN(C(=O)CC(C)CN)C(C)COC. The van der Waals surface area contributed by atoms with Gasteiger partial charge in [-0.1, -0.05) is 6.92 Å². The van der Waals surface area contributed by atoms with Gasteiger partial charge >= 0.3 is 0 Å². The summed E-state index contributed by atoms with van der Waals surface area (Å²) in [5.74, 6) is 0.326. The lowest BCUT2D eigenvalue weighted by Crippen LogP contribution is -2.43. The molecule has 1 amide bonds. The number of carbonyl (C=O) groups excluding carboxylic acids is 1. The van der Waals surface area contributed by atoms with Gasteiger partial charge < -0.3 is 20.1 Å². The summed E-state index contributed by atoms with van der Waals surface area (Å²) < 4.78 is 10.1. The van der Waals surface area contributed by atoms with Gasteiger partial charge in [-0.05, 0) is 19.4 Å². The first-order chi connectivity index (χ1) is 8.06. The molecular formula is C12H26N2O3. The summed E-state index contributed by atoms with van der Waals surface area (Å²) in [6.07, 6.45) is 0.480. The van der Waals surface area contributed by atoms with Crippen molar-refractivity contribution in [2.24, 2.45) is 11.7 Å². The standard InChI is InChI=1S/C12H26N2O3/c1-10(8-13)7-12(15)14(5-6-16-3)11(2)9-17-4/h10-11H,5-9,13H2,1-4H3. The normalized spacial score (nSPS) is 14.4. The number of amides is 1. The highest BCUT2D eigenvalue weighted by atomic mass is 16.5. The van der Waals surface area contributed by atoms with Gasteiger partial charge in [0, 0.05) is 27.2 Å². The first kappa shape index (κ1) is 16.4. The molecule has 0 aliphatic heterocycles. The van der Waals surface area contributed by atoms with Crippen molar-refractivity contribution >= 4 is 5.91 Å². The van der Waals surface area contributed by atoms with Crippen molar-refractivity contribution in [3.63, 3.8) is 0 Å². The van der Waals surface area contributed by atoms with Crippen molar-refractivity contribution in [1.29, 1.82) is 0 Å². The molecule has 0 heterocycles. The molecule has 5 heteroatoms. The van der Waals surface area contributed by atoms with Gasteiger partial charge in [-0.2, -0.15) is 0 Å². The van der Waals surface area contributed by atoms with Crippen LogP contribution in [-0.2, 0) is 14.3 Å². The van der Waals surface area contributed by atoms with Gasteiger partial charge in [-0.3, -0.25) is 4.79 Å². The Labute approximate surface area is 104 Å². The second kappa shape index (κ2) is 9.39. The summed E-state index contributed by atoms with van der Waals surface area (Å²) in [6.45, 7) is 6.15. The van der Waals surface area contributed by atoms with Gasteiger partial charge in [0.25, 0.3) is 0 Å².